The van der Waals surface area contributed by atoms with Crippen LogP contribution in [0, 0.1) is 10.1 Å². The van der Waals surface area contributed by atoms with Crippen LogP contribution in [-0.2, 0) is 20.1 Å². The predicted octanol–water partition coefficient (Wildman–Crippen LogP) is 3.31. The standard InChI is InChI=1S/C18H25N5O2/c1-14-7-5-6-10-22(14)12-16-9-4-3-8-15(16)11-19-17-18(23(24)25)20-13-21(17)2/h3-4,8-9,13-14,19H,5-7,10-12H2,1-2H3. The second-order valence-corrected chi connectivity index (χ2v) is 6.72. The van der Waals surface area contributed by atoms with Gasteiger partial charge in [0.2, 0.25) is 12.1 Å². The van der Waals surface area contributed by atoms with Gasteiger partial charge in [-0.3, -0.25) is 9.47 Å². The Labute approximate surface area is 147 Å². The largest absolute Gasteiger partial charge is 0.406 e. The number of hydrogen-bond acceptors (Lipinski definition) is 5. The van der Waals surface area contributed by atoms with Crippen LogP contribution in [0.3, 0.4) is 0 Å². The third-order valence-electron chi connectivity index (χ3n) is 4.97. The Kier molecular flexibility index (Phi) is 5.33. The van der Waals surface area contributed by atoms with Crippen LogP contribution in [0.5, 0.6) is 0 Å². The first kappa shape index (κ1) is 17.4. The average molecular weight is 343 g/mol. The van der Waals surface area contributed by atoms with Crippen molar-refractivity contribution in [1.82, 2.24) is 14.5 Å². The van der Waals surface area contributed by atoms with Gasteiger partial charge in [-0.25, -0.2) is 0 Å². The molecule has 1 aromatic heterocycles. The molecule has 25 heavy (non-hydrogen) atoms. The highest BCUT2D eigenvalue weighted by molar-refractivity contribution is 5.52. The van der Waals surface area contributed by atoms with Gasteiger partial charge >= 0.3 is 5.82 Å². The van der Waals surface area contributed by atoms with Crippen LogP contribution >= 0.6 is 0 Å². The molecule has 0 spiro atoms. The maximum atomic E-state index is 11.1. The zero-order valence-corrected chi connectivity index (χ0v) is 14.8. The molecule has 0 radical (unpaired) electrons. The van der Waals surface area contributed by atoms with Gasteiger partial charge in [0.25, 0.3) is 0 Å². The smallest absolute Gasteiger partial charge is 0.360 e. The Morgan fingerprint density at radius 1 is 1.32 bits per heavy atom. The zero-order chi connectivity index (χ0) is 17.8. The van der Waals surface area contributed by atoms with Crippen LogP contribution in [-0.4, -0.2) is 32.0 Å². The SMILES string of the molecule is CC1CCCCN1Cc1ccccc1CNc1c([N+](=O)[O-])ncn1C. The van der Waals surface area contributed by atoms with Gasteiger partial charge in [-0.1, -0.05) is 30.7 Å². The molecule has 134 valence electrons. The number of anilines is 1. The van der Waals surface area contributed by atoms with Crippen molar-refractivity contribution in [1.29, 1.82) is 0 Å². The Morgan fingerprint density at radius 3 is 2.80 bits per heavy atom. The fourth-order valence-corrected chi connectivity index (χ4v) is 3.43. The molecule has 1 aliphatic rings. The van der Waals surface area contributed by atoms with Crippen molar-refractivity contribution in [3.05, 3.63) is 51.8 Å². The summed E-state index contributed by atoms with van der Waals surface area (Å²) in [6.07, 6.45) is 5.28. The van der Waals surface area contributed by atoms with E-state index in [0.717, 1.165) is 18.7 Å². The van der Waals surface area contributed by atoms with E-state index in [0.29, 0.717) is 18.4 Å². The van der Waals surface area contributed by atoms with Crippen molar-refractivity contribution in [2.45, 2.75) is 45.3 Å². The number of nitro groups is 1. The maximum Gasteiger partial charge on any atom is 0.406 e. The van der Waals surface area contributed by atoms with Crippen molar-refractivity contribution in [3.63, 3.8) is 0 Å². The molecule has 1 N–H and O–H groups in total. The van der Waals surface area contributed by atoms with Crippen molar-refractivity contribution in [2.24, 2.45) is 7.05 Å². The fraction of sp³-hybridized carbons (Fsp3) is 0.500. The highest BCUT2D eigenvalue weighted by Crippen LogP contribution is 2.24. The van der Waals surface area contributed by atoms with E-state index in [1.807, 2.05) is 6.07 Å². The Morgan fingerprint density at radius 2 is 2.08 bits per heavy atom. The number of likely N-dealkylation sites (tertiary alicyclic amines) is 1. The average Bonchev–Trinajstić information content (AvgIpc) is 2.97. The summed E-state index contributed by atoms with van der Waals surface area (Å²) in [6, 6.07) is 8.90. The van der Waals surface area contributed by atoms with E-state index in [2.05, 4.69) is 40.3 Å². The summed E-state index contributed by atoms with van der Waals surface area (Å²) in [6.45, 7) is 4.89. The third kappa shape index (κ3) is 3.99. The lowest BCUT2D eigenvalue weighted by molar-refractivity contribution is -0.388. The Balaban J connectivity index is 1.73. The Hall–Kier alpha value is -2.41. The summed E-state index contributed by atoms with van der Waals surface area (Å²) in [7, 11) is 1.75. The first-order chi connectivity index (χ1) is 12.1. The molecule has 0 saturated carbocycles. The molecule has 1 atom stereocenters. The van der Waals surface area contributed by atoms with E-state index in [-0.39, 0.29) is 5.82 Å². The quantitative estimate of drug-likeness (QED) is 0.643. The summed E-state index contributed by atoms with van der Waals surface area (Å²) in [4.78, 5) is 17.0. The Bertz CT molecular complexity index is 743. The number of aromatic nitrogens is 2. The summed E-state index contributed by atoms with van der Waals surface area (Å²) in [5, 5.41) is 14.3. The molecule has 0 amide bonds. The second kappa shape index (κ2) is 7.65. The second-order valence-electron chi connectivity index (χ2n) is 6.72. The summed E-state index contributed by atoms with van der Waals surface area (Å²) in [5.41, 5.74) is 2.43. The van der Waals surface area contributed by atoms with Crippen molar-refractivity contribution < 1.29 is 4.92 Å². The number of hydrogen-bond donors (Lipinski definition) is 1. The number of piperidine rings is 1. The number of imidazole rings is 1. The minimum absolute atomic E-state index is 0.135. The minimum Gasteiger partial charge on any atom is -0.360 e. The van der Waals surface area contributed by atoms with Crippen LogP contribution in [0.1, 0.15) is 37.3 Å². The van der Waals surface area contributed by atoms with Crippen LogP contribution < -0.4 is 5.32 Å². The molecule has 1 aromatic carbocycles. The molecule has 2 aromatic rings. The molecule has 7 heteroatoms. The normalized spacial score (nSPS) is 18.2. The van der Waals surface area contributed by atoms with Gasteiger partial charge in [-0.2, -0.15) is 0 Å². The maximum absolute atomic E-state index is 11.1. The minimum atomic E-state index is -0.455. The number of nitrogens with zero attached hydrogens (tertiary/aromatic N) is 4. The van der Waals surface area contributed by atoms with Crippen LogP contribution in [0.15, 0.2) is 30.6 Å². The topological polar surface area (TPSA) is 76.2 Å². The van der Waals surface area contributed by atoms with Gasteiger partial charge in [0.15, 0.2) is 0 Å². The molecule has 1 saturated heterocycles. The molecule has 0 bridgehead atoms. The van der Waals surface area contributed by atoms with Gasteiger partial charge in [-0.15, -0.1) is 0 Å². The number of rotatable bonds is 6. The van der Waals surface area contributed by atoms with E-state index >= 15 is 0 Å². The monoisotopic (exact) mass is 343 g/mol. The lowest BCUT2D eigenvalue weighted by Gasteiger charge is -2.33. The lowest BCUT2D eigenvalue weighted by Crippen LogP contribution is -2.37. The van der Waals surface area contributed by atoms with E-state index in [1.54, 1.807) is 11.6 Å². The first-order valence-electron chi connectivity index (χ1n) is 8.76. The summed E-state index contributed by atoms with van der Waals surface area (Å²) < 4.78 is 1.65. The molecule has 1 fully saturated rings. The van der Waals surface area contributed by atoms with E-state index in [9.17, 15) is 10.1 Å². The number of nitrogens with one attached hydrogen (secondary N) is 1. The van der Waals surface area contributed by atoms with Gasteiger partial charge in [0.05, 0.1) is 0 Å². The van der Waals surface area contributed by atoms with Crippen molar-refractivity contribution in [2.75, 3.05) is 11.9 Å². The van der Waals surface area contributed by atoms with E-state index in [1.165, 1.54) is 31.2 Å². The highest BCUT2D eigenvalue weighted by atomic mass is 16.6. The van der Waals surface area contributed by atoms with E-state index in [4.69, 9.17) is 0 Å². The summed E-state index contributed by atoms with van der Waals surface area (Å²) >= 11 is 0. The van der Waals surface area contributed by atoms with Crippen LogP contribution in [0.4, 0.5) is 11.6 Å². The molecular weight excluding hydrogens is 318 g/mol. The molecule has 3 rings (SSSR count). The molecular formula is C18H25N5O2. The van der Waals surface area contributed by atoms with Crippen LogP contribution in [0.25, 0.3) is 0 Å². The number of benzene rings is 1. The lowest BCUT2D eigenvalue weighted by atomic mass is 10.0. The highest BCUT2D eigenvalue weighted by Gasteiger charge is 2.21. The molecule has 2 heterocycles. The molecule has 1 unspecified atom stereocenters. The van der Waals surface area contributed by atoms with Crippen molar-refractivity contribution in [3.8, 4) is 0 Å². The summed E-state index contributed by atoms with van der Waals surface area (Å²) in [5.74, 6) is 0.302. The van der Waals surface area contributed by atoms with Gasteiger partial charge in [-0.05, 0) is 47.3 Å². The number of aryl methyl sites for hydroxylation is 1. The zero-order valence-electron chi connectivity index (χ0n) is 14.8. The first-order valence-corrected chi connectivity index (χ1v) is 8.76. The van der Waals surface area contributed by atoms with Crippen LogP contribution in [0.2, 0.25) is 0 Å². The third-order valence-corrected chi connectivity index (χ3v) is 4.97. The van der Waals surface area contributed by atoms with E-state index < -0.39 is 4.92 Å². The predicted molar refractivity (Wildman–Crippen MR) is 97.4 cm³/mol. The molecule has 1 aliphatic heterocycles. The molecule has 0 aliphatic carbocycles. The van der Waals surface area contributed by atoms with Gasteiger partial charge in [0.1, 0.15) is 0 Å². The fourth-order valence-electron chi connectivity index (χ4n) is 3.43. The van der Waals surface area contributed by atoms with Gasteiger partial charge in [0, 0.05) is 26.2 Å². The van der Waals surface area contributed by atoms with Crippen molar-refractivity contribution >= 4 is 11.6 Å². The van der Waals surface area contributed by atoms with Gasteiger partial charge < -0.3 is 15.4 Å². The molecule has 7 nitrogen and oxygen atoms in total.